The van der Waals surface area contributed by atoms with Crippen LogP contribution in [0.2, 0.25) is 0 Å². The van der Waals surface area contributed by atoms with Crippen LogP contribution in [0.5, 0.6) is 17.2 Å². The molecular formula is C28H36N2O6. The number of aliphatic hydroxyl groups excluding tert-OH is 1. The number of benzene rings is 2. The first-order valence-corrected chi connectivity index (χ1v) is 12.5. The molecule has 1 aliphatic rings. The third-order valence-corrected chi connectivity index (χ3v) is 6.51. The summed E-state index contributed by atoms with van der Waals surface area (Å²) in [4.78, 5) is 30.0. The third kappa shape index (κ3) is 5.82. The minimum absolute atomic E-state index is 0.00643. The van der Waals surface area contributed by atoms with Crippen molar-refractivity contribution in [2.24, 2.45) is 0 Å². The van der Waals surface area contributed by atoms with E-state index in [4.69, 9.17) is 9.47 Å². The average Bonchev–Trinajstić information content (AvgIpc) is 3.14. The summed E-state index contributed by atoms with van der Waals surface area (Å²) in [7, 11) is 1.43. The van der Waals surface area contributed by atoms with Crippen LogP contribution in [-0.2, 0) is 9.59 Å². The van der Waals surface area contributed by atoms with Crippen LogP contribution >= 0.6 is 0 Å². The number of nitrogens with zero attached hydrogens (tertiary/aromatic N) is 2. The van der Waals surface area contributed by atoms with Crippen LogP contribution in [0.25, 0.3) is 5.76 Å². The molecule has 8 nitrogen and oxygen atoms in total. The molecular weight excluding hydrogens is 460 g/mol. The van der Waals surface area contributed by atoms with Gasteiger partial charge < -0.3 is 29.5 Å². The summed E-state index contributed by atoms with van der Waals surface area (Å²) in [6.45, 7) is 9.27. The molecule has 0 radical (unpaired) electrons. The van der Waals surface area contributed by atoms with Gasteiger partial charge in [0.15, 0.2) is 11.5 Å². The molecule has 2 N–H and O–H groups in total. The first kappa shape index (κ1) is 27.1. The van der Waals surface area contributed by atoms with Gasteiger partial charge in [-0.1, -0.05) is 33.3 Å². The fourth-order valence-corrected chi connectivity index (χ4v) is 4.31. The normalized spacial score (nSPS) is 17.1. The summed E-state index contributed by atoms with van der Waals surface area (Å²) in [6, 6.07) is 10.7. The number of ether oxygens (including phenoxy) is 2. The van der Waals surface area contributed by atoms with Gasteiger partial charge in [0.25, 0.3) is 11.7 Å². The van der Waals surface area contributed by atoms with Gasteiger partial charge in [-0.25, -0.2) is 0 Å². The number of aliphatic hydroxyl groups is 1. The van der Waals surface area contributed by atoms with E-state index < -0.39 is 17.7 Å². The number of ketones is 1. The lowest BCUT2D eigenvalue weighted by molar-refractivity contribution is -0.140. The first-order chi connectivity index (χ1) is 17.4. The highest BCUT2D eigenvalue weighted by Gasteiger charge is 2.46. The molecule has 0 aliphatic carbocycles. The highest BCUT2D eigenvalue weighted by atomic mass is 16.5. The molecule has 1 atom stereocenters. The molecule has 194 valence electrons. The van der Waals surface area contributed by atoms with Gasteiger partial charge in [-0.2, -0.15) is 0 Å². The minimum atomic E-state index is -0.824. The second kappa shape index (κ2) is 12.4. The number of amides is 1. The van der Waals surface area contributed by atoms with Crippen LogP contribution in [0.15, 0.2) is 48.0 Å². The molecule has 0 unspecified atom stereocenters. The lowest BCUT2D eigenvalue weighted by Gasteiger charge is -2.28. The summed E-state index contributed by atoms with van der Waals surface area (Å²) < 4.78 is 11.0. The van der Waals surface area contributed by atoms with Gasteiger partial charge in [-0.15, -0.1) is 0 Å². The van der Waals surface area contributed by atoms with Crippen LogP contribution in [0, 0.1) is 0 Å². The van der Waals surface area contributed by atoms with Crippen molar-refractivity contribution in [2.75, 3.05) is 39.9 Å². The molecule has 1 fully saturated rings. The lowest BCUT2D eigenvalue weighted by atomic mass is 9.95. The zero-order valence-corrected chi connectivity index (χ0v) is 21.5. The molecule has 1 saturated heterocycles. The van der Waals surface area contributed by atoms with Crippen molar-refractivity contribution in [1.82, 2.24) is 9.80 Å². The number of aromatic hydroxyl groups is 1. The molecule has 0 aromatic heterocycles. The highest BCUT2D eigenvalue weighted by Crippen LogP contribution is 2.41. The second-order valence-electron chi connectivity index (χ2n) is 8.68. The number of carbonyl (C=O) groups excluding carboxylic acids is 2. The summed E-state index contributed by atoms with van der Waals surface area (Å²) in [5.74, 6) is -0.835. The van der Waals surface area contributed by atoms with Crippen LogP contribution in [0.1, 0.15) is 50.8 Å². The Morgan fingerprint density at radius 3 is 2.36 bits per heavy atom. The number of phenols is 1. The summed E-state index contributed by atoms with van der Waals surface area (Å²) in [6.07, 6.45) is 1.96. The molecule has 3 rings (SSSR count). The number of Topliss-reactive ketones (excluding diaryl/α,β-unsaturated/α-hetero) is 1. The zero-order chi connectivity index (χ0) is 26.2. The molecule has 2 aromatic rings. The van der Waals surface area contributed by atoms with Crippen molar-refractivity contribution in [3.05, 3.63) is 59.2 Å². The van der Waals surface area contributed by atoms with E-state index in [-0.39, 0.29) is 22.8 Å². The van der Waals surface area contributed by atoms with Crippen molar-refractivity contribution in [3.8, 4) is 17.2 Å². The maximum absolute atomic E-state index is 13.2. The van der Waals surface area contributed by atoms with Gasteiger partial charge >= 0.3 is 0 Å². The monoisotopic (exact) mass is 496 g/mol. The maximum atomic E-state index is 13.2. The average molecular weight is 497 g/mol. The molecule has 1 heterocycles. The van der Waals surface area contributed by atoms with Gasteiger partial charge in [0, 0.05) is 18.7 Å². The number of rotatable bonds is 12. The number of carbonyl (C=O) groups is 2. The lowest BCUT2D eigenvalue weighted by Crippen LogP contribution is -2.38. The van der Waals surface area contributed by atoms with Crippen molar-refractivity contribution in [2.45, 2.75) is 39.7 Å². The Morgan fingerprint density at radius 2 is 1.75 bits per heavy atom. The second-order valence-corrected chi connectivity index (χ2v) is 8.68. The van der Waals surface area contributed by atoms with Crippen molar-refractivity contribution in [1.29, 1.82) is 0 Å². The van der Waals surface area contributed by atoms with Gasteiger partial charge in [-0.3, -0.25) is 9.59 Å². The molecule has 0 bridgehead atoms. The van der Waals surface area contributed by atoms with E-state index in [1.54, 1.807) is 36.4 Å². The van der Waals surface area contributed by atoms with Crippen LogP contribution in [0.3, 0.4) is 0 Å². The van der Waals surface area contributed by atoms with Gasteiger partial charge in [0.1, 0.15) is 11.5 Å². The predicted octanol–water partition coefficient (Wildman–Crippen LogP) is 4.34. The third-order valence-electron chi connectivity index (χ3n) is 6.51. The molecule has 0 saturated carbocycles. The number of hydrogen-bond acceptors (Lipinski definition) is 7. The number of likely N-dealkylation sites (tertiary alicyclic amines) is 1. The van der Waals surface area contributed by atoms with Crippen LogP contribution in [-0.4, -0.2) is 71.6 Å². The molecule has 2 aromatic carbocycles. The standard InChI is InChI=1S/C28H36N2O6/c1-5-8-17-36-21-12-9-19(10-13-21)26(32)24-25(20-11-14-22(31)23(18-20)35-4)30(28(34)27(24)33)16-15-29(6-2)7-3/h9-14,18,25,31-32H,5-8,15-17H2,1-4H3/b26-24+/t25-/m0/s1. The smallest absolute Gasteiger partial charge is 0.295 e. The molecule has 8 heteroatoms. The van der Waals surface area contributed by atoms with Gasteiger partial charge in [0.2, 0.25) is 0 Å². The SMILES string of the molecule is CCCCOc1ccc(/C(O)=C2\C(=O)C(=O)N(CCN(CC)CC)[C@H]2c2ccc(O)c(OC)c2)cc1. The van der Waals surface area contributed by atoms with E-state index in [2.05, 4.69) is 11.8 Å². The first-order valence-electron chi connectivity index (χ1n) is 12.5. The van der Waals surface area contributed by atoms with Crippen LogP contribution < -0.4 is 9.47 Å². The van der Waals surface area contributed by atoms with Gasteiger partial charge in [-0.05, 0) is 61.5 Å². The Balaban J connectivity index is 2.04. The number of hydrogen-bond donors (Lipinski definition) is 2. The summed E-state index contributed by atoms with van der Waals surface area (Å²) in [5.41, 5.74) is 0.978. The number of likely N-dealkylation sites (N-methyl/N-ethyl adjacent to an activating group) is 1. The van der Waals surface area contributed by atoms with E-state index in [1.807, 2.05) is 13.8 Å². The quantitative estimate of drug-likeness (QED) is 0.195. The molecule has 0 spiro atoms. The Bertz CT molecular complexity index is 1090. The molecule has 1 aliphatic heterocycles. The predicted molar refractivity (Wildman–Crippen MR) is 138 cm³/mol. The van der Waals surface area contributed by atoms with E-state index in [0.717, 1.165) is 25.9 Å². The summed E-state index contributed by atoms with van der Waals surface area (Å²) in [5, 5.41) is 21.4. The van der Waals surface area contributed by atoms with Gasteiger partial charge in [0.05, 0.1) is 25.3 Å². The largest absolute Gasteiger partial charge is 0.507 e. The maximum Gasteiger partial charge on any atom is 0.295 e. The fourth-order valence-electron chi connectivity index (χ4n) is 4.31. The highest BCUT2D eigenvalue weighted by molar-refractivity contribution is 6.46. The minimum Gasteiger partial charge on any atom is -0.507 e. The fraction of sp³-hybridized carbons (Fsp3) is 0.429. The molecule has 36 heavy (non-hydrogen) atoms. The number of unbranched alkanes of at least 4 members (excludes halogenated alkanes) is 1. The van der Waals surface area contributed by atoms with E-state index in [0.29, 0.717) is 36.6 Å². The molecule has 1 amide bonds. The van der Waals surface area contributed by atoms with E-state index in [1.165, 1.54) is 18.1 Å². The zero-order valence-electron chi connectivity index (χ0n) is 21.5. The Morgan fingerprint density at radius 1 is 1.06 bits per heavy atom. The Kier molecular flexibility index (Phi) is 9.36. The van der Waals surface area contributed by atoms with E-state index in [9.17, 15) is 19.8 Å². The Hall–Kier alpha value is -3.52. The van der Waals surface area contributed by atoms with Crippen molar-refractivity contribution >= 4 is 17.4 Å². The Labute approximate surface area is 212 Å². The topological polar surface area (TPSA) is 99.5 Å². The van der Waals surface area contributed by atoms with Crippen LogP contribution in [0.4, 0.5) is 0 Å². The van der Waals surface area contributed by atoms with E-state index >= 15 is 0 Å². The summed E-state index contributed by atoms with van der Waals surface area (Å²) >= 11 is 0. The number of phenolic OH excluding ortho intramolecular Hbond substituents is 1. The number of methoxy groups -OCH3 is 1. The van der Waals surface area contributed by atoms with Crippen molar-refractivity contribution < 1.29 is 29.3 Å². The van der Waals surface area contributed by atoms with Crippen molar-refractivity contribution in [3.63, 3.8) is 0 Å².